The zero-order chi connectivity index (χ0) is 24.4. The van der Waals surface area contributed by atoms with Crippen LogP contribution in [0, 0.1) is 22.7 Å². The number of fused-ring (bicyclic) bond motifs is 1. The topological polar surface area (TPSA) is 86.0 Å². The van der Waals surface area contributed by atoms with E-state index in [0.29, 0.717) is 20.8 Å². The molecule has 168 valence electrons. The van der Waals surface area contributed by atoms with Crippen LogP contribution in [0.2, 0.25) is 0 Å². The Morgan fingerprint density at radius 3 is 2.43 bits per heavy atom. The quantitative estimate of drug-likeness (QED) is 0.377. The van der Waals surface area contributed by atoms with Crippen molar-refractivity contribution in [1.29, 1.82) is 10.5 Å². The highest BCUT2D eigenvalue weighted by Gasteiger charge is 2.18. The Morgan fingerprint density at radius 1 is 0.943 bits per heavy atom. The van der Waals surface area contributed by atoms with E-state index in [2.05, 4.69) is 18.2 Å². The average Bonchev–Trinajstić information content (AvgIpc) is 3.46. The Hall–Kier alpha value is -4.85. The fourth-order valence-corrected chi connectivity index (χ4v) is 4.96. The molecule has 0 bridgehead atoms. The SMILES string of the molecule is Cn1c(=C(C#N)C#N)s/c(=C/c2ccc(N(c3ccccc3)c3cccc4ccccc34)o2)c1=O. The summed E-state index contributed by atoms with van der Waals surface area (Å²) in [7, 11) is 1.55. The minimum Gasteiger partial charge on any atom is -0.440 e. The first-order chi connectivity index (χ1) is 17.1. The average molecular weight is 475 g/mol. The number of para-hydroxylation sites is 1. The maximum Gasteiger partial charge on any atom is 0.268 e. The van der Waals surface area contributed by atoms with Gasteiger partial charge in [-0.1, -0.05) is 54.6 Å². The third-order valence-corrected chi connectivity index (χ3v) is 6.78. The van der Waals surface area contributed by atoms with Gasteiger partial charge in [0.05, 0.1) is 10.2 Å². The van der Waals surface area contributed by atoms with Crippen LogP contribution < -0.4 is 19.7 Å². The number of thiazole rings is 1. The molecule has 0 saturated carbocycles. The van der Waals surface area contributed by atoms with Crippen molar-refractivity contribution in [2.75, 3.05) is 4.90 Å². The van der Waals surface area contributed by atoms with Crippen LogP contribution in [-0.2, 0) is 7.05 Å². The second-order valence-corrected chi connectivity index (χ2v) is 8.75. The lowest BCUT2D eigenvalue weighted by Crippen LogP contribution is -2.29. The molecule has 6 nitrogen and oxygen atoms in total. The number of anilines is 3. The largest absolute Gasteiger partial charge is 0.440 e. The Morgan fingerprint density at radius 2 is 1.66 bits per heavy atom. The summed E-state index contributed by atoms with van der Waals surface area (Å²) in [6.07, 6.45) is 1.64. The van der Waals surface area contributed by atoms with Crippen LogP contribution in [0.1, 0.15) is 5.76 Å². The summed E-state index contributed by atoms with van der Waals surface area (Å²) in [5.74, 6) is 1.08. The van der Waals surface area contributed by atoms with Crippen LogP contribution >= 0.6 is 11.3 Å². The molecule has 2 heterocycles. The smallest absolute Gasteiger partial charge is 0.268 e. The minimum atomic E-state index is -0.292. The Labute approximate surface area is 204 Å². The maximum absolute atomic E-state index is 12.7. The molecule has 0 saturated heterocycles. The Kier molecular flexibility index (Phi) is 5.76. The van der Waals surface area contributed by atoms with E-state index in [1.54, 1.807) is 19.2 Å². The number of hydrogen-bond donors (Lipinski definition) is 0. The lowest BCUT2D eigenvalue weighted by molar-refractivity contribution is 0.563. The molecule has 0 aliphatic carbocycles. The van der Waals surface area contributed by atoms with Crippen molar-refractivity contribution in [3.63, 3.8) is 0 Å². The number of nitrogens with zero attached hydrogens (tertiary/aromatic N) is 4. The molecule has 7 heteroatoms. The van der Waals surface area contributed by atoms with E-state index in [0.717, 1.165) is 33.5 Å². The van der Waals surface area contributed by atoms with Gasteiger partial charge in [0.15, 0.2) is 5.57 Å². The summed E-state index contributed by atoms with van der Waals surface area (Å²) in [6.45, 7) is 0. The van der Waals surface area contributed by atoms with E-state index in [1.807, 2.05) is 77.7 Å². The molecule has 5 aromatic rings. The molecular formula is C28H18N4O2S. The van der Waals surface area contributed by atoms with Gasteiger partial charge in [-0.3, -0.25) is 9.69 Å². The molecule has 0 fully saturated rings. The summed E-state index contributed by atoms with van der Waals surface area (Å²) in [4.78, 5) is 14.8. The highest BCUT2D eigenvalue weighted by Crippen LogP contribution is 2.39. The highest BCUT2D eigenvalue weighted by molar-refractivity contribution is 7.07. The number of hydrogen-bond acceptors (Lipinski definition) is 6. The number of rotatable bonds is 4. The van der Waals surface area contributed by atoms with E-state index in [9.17, 15) is 15.3 Å². The number of benzene rings is 3. The second kappa shape index (κ2) is 9.18. The van der Waals surface area contributed by atoms with E-state index in [1.165, 1.54) is 4.57 Å². The molecule has 0 amide bonds. The Bertz CT molecular complexity index is 1790. The standard InChI is InChI=1S/C28H18N4O2S/c1-31-27(33)25(35-28(31)20(17-29)18-30)16-22-14-15-26(34-22)32(21-10-3-2-4-11-21)24-13-7-9-19-8-5-6-12-23(19)24/h2-16H,1H3/b25-16+. The predicted molar refractivity (Wildman–Crippen MR) is 138 cm³/mol. The molecule has 2 aromatic heterocycles. The zero-order valence-corrected chi connectivity index (χ0v) is 19.5. The van der Waals surface area contributed by atoms with Gasteiger partial charge in [0.25, 0.3) is 5.56 Å². The third-order valence-electron chi connectivity index (χ3n) is 5.59. The van der Waals surface area contributed by atoms with Gasteiger partial charge in [-0.2, -0.15) is 10.5 Å². The van der Waals surface area contributed by atoms with Crippen LogP contribution in [-0.4, -0.2) is 4.57 Å². The molecule has 35 heavy (non-hydrogen) atoms. The van der Waals surface area contributed by atoms with Crippen molar-refractivity contribution in [3.05, 3.63) is 110 Å². The van der Waals surface area contributed by atoms with Crippen LogP contribution in [0.3, 0.4) is 0 Å². The summed E-state index contributed by atoms with van der Waals surface area (Å²) in [5, 5.41) is 20.6. The molecule has 0 aliphatic heterocycles. The molecule has 0 N–H and O–H groups in total. The second-order valence-electron chi connectivity index (χ2n) is 7.72. The van der Waals surface area contributed by atoms with Crippen molar-refractivity contribution in [3.8, 4) is 12.1 Å². The monoisotopic (exact) mass is 474 g/mol. The number of nitriles is 2. The number of aromatic nitrogens is 1. The molecule has 5 rings (SSSR count). The first-order valence-corrected chi connectivity index (χ1v) is 11.6. The lowest BCUT2D eigenvalue weighted by atomic mass is 10.1. The van der Waals surface area contributed by atoms with E-state index in [4.69, 9.17) is 4.42 Å². The molecule has 3 aromatic carbocycles. The van der Waals surface area contributed by atoms with Gasteiger partial charge in [0.2, 0.25) is 5.88 Å². The predicted octanol–water partition coefficient (Wildman–Crippen LogP) is 4.69. The first-order valence-electron chi connectivity index (χ1n) is 10.8. The van der Waals surface area contributed by atoms with Crippen LogP contribution in [0.4, 0.5) is 17.3 Å². The van der Waals surface area contributed by atoms with Crippen molar-refractivity contribution in [2.45, 2.75) is 0 Å². The van der Waals surface area contributed by atoms with Crippen molar-refractivity contribution < 1.29 is 4.42 Å². The summed E-state index contributed by atoms with van der Waals surface area (Å²) >= 11 is 1.09. The minimum absolute atomic E-state index is 0.0967. The molecular weight excluding hydrogens is 456 g/mol. The maximum atomic E-state index is 12.7. The molecule has 0 aliphatic rings. The van der Waals surface area contributed by atoms with Gasteiger partial charge in [0, 0.05) is 30.3 Å². The normalized spacial score (nSPS) is 11.2. The summed E-state index contributed by atoms with van der Waals surface area (Å²) in [6, 6.07) is 31.6. The highest BCUT2D eigenvalue weighted by atomic mass is 32.1. The van der Waals surface area contributed by atoms with Gasteiger partial charge in [0.1, 0.15) is 22.6 Å². The summed E-state index contributed by atoms with van der Waals surface area (Å²) < 4.78 is 8.23. The Balaban J connectivity index is 1.67. The van der Waals surface area contributed by atoms with E-state index >= 15 is 0 Å². The van der Waals surface area contributed by atoms with Gasteiger partial charge in [-0.15, -0.1) is 11.3 Å². The van der Waals surface area contributed by atoms with Gasteiger partial charge < -0.3 is 8.98 Å². The third kappa shape index (κ3) is 4.02. The fourth-order valence-electron chi connectivity index (χ4n) is 3.94. The van der Waals surface area contributed by atoms with Gasteiger partial charge >= 0.3 is 0 Å². The zero-order valence-electron chi connectivity index (χ0n) is 18.7. The molecule has 0 radical (unpaired) electrons. The number of furan rings is 1. The molecule has 0 spiro atoms. The molecule has 0 unspecified atom stereocenters. The fraction of sp³-hybridized carbons (Fsp3) is 0.0357. The van der Waals surface area contributed by atoms with E-state index < -0.39 is 0 Å². The van der Waals surface area contributed by atoms with E-state index in [-0.39, 0.29) is 11.1 Å². The molecule has 0 atom stereocenters. The van der Waals surface area contributed by atoms with Crippen LogP contribution in [0.25, 0.3) is 22.4 Å². The summed E-state index contributed by atoms with van der Waals surface area (Å²) in [5.41, 5.74) is 1.51. The first kappa shape index (κ1) is 22.0. The van der Waals surface area contributed by atoms with Crippen molar-refractivity contribution in [2.24, 2.45) is 7.05 Å². The van der Waals surface area contributed by atoms with Crippen molar-refractivity contribution >= 4 is 51.0 Å². The van der Waals surface area contributed by atoms with Crippen LogP contribution in [0.15, 0.2) is 94.1 Å². The van der Waals surface area contributed by atoms with Gasteiger partial charge in [-0.25, -0.2) is 0 Å². The van der Waals surface area contributed by atoms with Gasteiger partial charge in [-0.05, 0) is 29.7 Å². The van der Waals surface area contributed by atoms with Crippen molar-refractivity contribution in [1.82, 2.24) is 4.57 Å². The lowest BCUT2D eigenvalue weighted by Gasteiger charge is -2.24. The van der Waals surface area contributed by atoms with Crippen LogP contribution in [0.5, 0.6) is 0 Å².